The molecule has 1 aliphatic heterocycles. The largest absolute Gasteiger partial charge is 0.497 e. The van der Waals surface area contributed by atoms with E-state index in [1.54, 1.807) is 50.5 Å². The first-order valence-corrected chi connectivity index (χ1v) is 18.7. The Bertz CT molecular complexity index is 1840. The smallest absolute Gasteiger partial charge is 0.243 e. The van der Waals surface area contributed by atoms with Gasteiger partial charge in [-0.1, -0.05) is 60.7 Å². The maximum absolute atomic E-state index is 14.2. The summed E-state index contributed by atoms with van der Waals surface area (Å²) >= 11 is 0. The number of carbonyl (C=O) groups is 2. The molecule has 51 heavy (non-hydrogen) atoms. The number of carbonyl (C=O) groups excluding carboxylic acids is 2. The first kappa shape index (κ1) is 37.4. The maximum Gasteiger partial charge on any atom is 0.243 e. The summed E-state index contributed by atoms with van der Waals surface area (Å²) in [5.41, 5.74) is 3.60. The standard InChI is InChI=1S/C40H47N3O7S/c1-48-34-17-11-33(12-18-34)29-43(39(44)22-16-30-13-19-35(20-14-30)51(46,47)42-25-7-8-26-42)36(27-31-9-5-4-6-10-31)40(45)41-24-23-32-15-21-37(49-2)38(28-32)50-3/h4-6,9-15,17-21,28,36H,7-8,16,22-27,29H2,1-3H3,(H,41,45)/t36-/m1/s1. The Kier molecular flexibility index (Phi) is 13.1. The first-order chi connectivity index (χ1) is 24.7. The maximum atomic E-state index is 14.2. The van der Waals surface area contributed by atoms with Crippen LogP contribution in [0.4, 0.5) is 0 Å². The Labute approximate surface area is 301 Å². The summed E-state index contributed by atoms with van der Waals surface area (Å²) in [6.07, 6.45) is 3.15. The van der Waals surface area contributed by atoms with Crippen molar-refractivity contribution in [1.82, 2.24) is 14.5 Å². The summed E-state index contributed by atoms with van der Waals surface area (Å²) in [4.78, 5) is 30.2. The highest BCUT2D eigenvalue weighted by Gasteiger charge is 2.31. The number of hydrogen-bond acceptors (Lipinski definition) is 7. The lowest BCUT2D eigenvalue weighted by molar-refractivity contribution is -0.141. The zero-order valence-corrected chi connectivity index (χ0v) is 30.4. The Balaban J connectivity index is 1.35. The second-order valence-corrected chi connectivity index (χ2v) is 14.5. The van der Waals surface area contributed by atoms with Crippen molar-refractivity contribution in [3.05, 3.63) is 119 Å². The SMILES string of the molecule is COc1ccc(CN(C(=O)CCc2ccc(S(=O)(=O)N3CCCC3)cc2)[C@H](Cc2ccccc2)C(=O)NCCc2ccc(OC)c(OC)c2)cc1. The highest BCUT2D eigenvalue weighted by molar-refractivity contribution is 7.89. The van der Waals surface area contributed by atoms with Crippen LogP contribution in [-0.4, -0.2) is 76.4 Å². The first-order valence-electron chi connectivity index (χ1n) is 17.3. The molecule has 1 aliphatic rings. The van der Waals surface area contributed by atoms with E-state index < -0.39 is 16.1 Å². The van der Waals surface area contributed by atoms with E-state index in [9.17, 15) is 18.0 Å². The number of ether oxygens (including phenoxy) is 3. The van der Waals surface area contributed by atoms with E-state index in [1.807, 2.05) is 72.8 Å². The molecule has 1 fully saturated rings. The third-order valence-electron chi connectivity index (χ3n) is 9.20. The molecule has 0 unspecified atom stereocenters. The third kappa shape index (κ3) is 9.89. The summed E-state index contributed by atoms with van der Waals surface area (Å²) in [6, 6.07) is 28.8. The molecule has 0 aromatic heterocycles. The number of rotatable bonds is 17. The van der Waals surface area contributed by atoms with Crippen LogP contribution in [0.25, 0.3) is 0 Å². The van der Waals surface area contributed by atoms with E-state index in [1.165, 1.54) is 4.31 Å². The van der Waals surface area contributed by atoms with Gasteiger partial charge in [-0.2, -0.15) is 4.31 Å². The van der Waals surface area contributed by atoms with E-state index in [2.05, 4.69) is 5.32 Å². The minimum Gasteiger partial charge on any atom is -0.497 e. The van der Waals surface area contributed by atoms with Crippen molar-refractivity contribution in [3.8, 4) is 17.2 Å². The molecular formula is C40H47N3O7S. The summed E-state index contributed by atoms with van der Waals surface area (Å²) < 4.78 is 43.7. The molecule has 1 atom stereocenters. The number of nitrogens with one attached hydrogen (secondary N) is 1. The van der Waals surface area contributed by atoms with Crippen LogP contribution in [0.15, 0.2) is 102 Å². The highest BCUT2D eigenvalue weighted by Crippen LogP contribution is 2.28. The Morgan fingerprint density at radius 1 is 0.745 bits per heavy atom. The Morgan fingerprint density at radius 2 is 1.39 bits per heavy atom. The van der Waals surface area contributed by atoms with E-state index in [0.29, 0.717) is 56.1 Å². The minimum atomic E-state index is -3.53. The molecule has 5 rings (SSSR count). The van der Waals surface area contributed by atoms with Gasteiger partial charge in [0, 0.05) is 39.0 Å². The van der Waals surface area contributed by atoms with Crippen LogP contribution in [0.2, 0.25) is 0 Å². The fraction of sp³-hybridized carbons (Fsp3) is 0.350. The molecule has 1 saturated heterocycles. The Hall–Kier alpha value is -4.87. The van der Waals surface area contributed by atoms with Crippen LogP contribution in [0.5, 0.6) is 17.2 Å². The summed E-state index contributed by atoms with van der Waals surface area (Å²) in [5.74, 6) is 1.50. The molecule has 1 N–H and O–H groups in total. The van der Waals surface area contributed by atoms with Gasteiger partial charge in [0.15, 0.2) is 11.5 Å². The van der Waals surface area contributed by atoms with Crippen molar-refractivity contribution in [2.45, 2.75) is 56.0 Å². The van der Waals surface area contributed by atoms with Crippen molar-refractivity contribution in [3.63, 3.8) is 0 Å². The fourth-order valence-electron chi connectivity index (χ4n) is 6.27. The van der Waals surface area contributed by atoms with Crippen LogP contribution in [0, 0.1) is 0 Å². The highest BCUT2D eigenvalue weighted by atomic mass is 32.2. The average Bonchev–Trinajstić information content (AvgIpc) is 3.72. The van der Waals surface area contributed by atoms with Gasteiger partial charge in [0.05, 0.1) is 26.2 Å². The molecule has 270 valence electrons. The quantitative estimate of drug-likeness (QED) is 0.155. The second-order valence-electron chi connectivity index (χ2n) is 12.6. The molecule has 4 aromatic rings. The number of sulfonamides is 1. The van der Waals surface area contributed by atoms with E-state index in [-0.39, 0.29) is 29.7 Å². The lowest BCUT2D eigenvalue weighted by atomic mass is 10.0. The van der Waals surface area contributed by atoms with E-state index in [0.717, 1.165) is 35.1 Å². The Morgan fingerprint density at radius 3 is 2.04 bits per heavy atom. The second kappa shape index (κ2) is 17.9. The van der Waals surface area contributed by atoms with Gasteiger partial charge < -0.3 is 24.4 Å². The van der Waals surface area contributed by atoms with Gasteiger partial charge in [-0.15, -0.1) is 0 Å². The summed E-state index contributed by atoms with van der Waals surface area (Å²) in [7, 11) is 1.24. The summed E-state index contributed by atoms with van der Waals surface area (Å²) in [6.45, 7) is 1.65. The molecule has 0 aliphatic carbocycles. The number of amides is 2. The van der Waals surface area contributed by atoms with Crippen LogP contribution in [-0.2, 0) is 45.4 Å². The number of methoxy groups -OCH3 is 3. The van der Waals surface area contributed by atoms with Gasteiger partial charge in [0.2, 0.25) is 21.8 Å². The van der Waals surface area contributed by atoms with Crippen molar-refractivity contribution < 1.29 is 32.2 Å². The molecule has 0 bridgehead atoms. The molecule has 0 spiro atoms. The number of hydrogen-bond donors (Lipinski definition) is 1. The zero-order chi connectivity index (χ0) is 36.2. The van der Waals surface area contributed by atoms with Gasteiger partial charge in [-0.3, -0.25) is 9.59 Å². The normalized spacial score (nSPS) is 13.7. The predicted octanol–water partition coefficient (Wildman–Crippen LogP) is 5.43. The summed E-state index contributed by atoms with van der Waals surface area (Å²) in [5, 5.41) is 3.09. The predicted molar refractivity (Wildman–Crippen MR) is 196 cm³/mol. The lowest BCUT2D eigenvalue weighted by Crippen LogP contribution is -2.50. The van der Waals surface area contributed by atoms with Gasteiger partial charge in [0.1, 0.15) is 11.8 Å². The fourth-order valence-corrected chi connectivity index (χ4v) is 7.78. The lowest BCUT2D eigenvalue weighted by Gasteiger charge is -2.32. The molecular weight excluding hydrogens is 667 g/mol. The topological polar surface area (TPSA) is 114 Å². The number of aryl methyl sites for hydroxylation is 1. The van der Waals surface area contributed by atoms with Gasteiger partial charge >= 0.3 is 0 Å². The number of benzene rings is 4. The van der Waals surface area contributed by atoms with Crippen LogP contribution < -0.4 is 19.5 Å². The van der Waals surface area contributed by atoms with Crippen molar-refractivity contribution in [2.24, 2.45) is 0 Å². The molecule has 2 amide bonds. The number of nitrogens with zero attached hydrogens (tertiary/aromatic N) is 2. The van der Waals surface area contributed by atoms with E-state index >= 15 is 0 Å². The van der Waals surface area contributed by atoms with Crippen LogP contribution >= 0.6 is 0 Å². The van der Waals surface area contributed by atoms with Gasteiger partial charge in [0.25, 0.3) is 0 Å². The molecule has 11 heteroatoms. The molecule has 0 radical (unpaired) electrons. The van der Waals surface area contributed by atoms with Gasteiger partial charge in [-0.25, -0.2) is 8.42 Å². The average molecular weight is 714 g/mol. The molecule has 10 nitrogen and oxygen atoms in total. The molecule has 4 aromatic carbocycles. The van der Waals surface area contributed by atoms with Crippen molar-refractivity contribution in [2.75, 3.05) is 41.0 Å². The monoisotopic (exact) mass is 713 g/mol. The zero-order valence-electron chi connectivity index (χ0n) is 29.5. The van der Waals surface area contributed by atoms with Crippen molar-refractivity contribution >= 4 is 21.8 Å². The van der Waals surface area contributed by atoms with E-state index in [4.69, 9.17) is 14.2 Å². The third-order valence-corrected chi connectivity index (χ3v) is 11.1. The van der Waals surface area contributed by atoms with Gasteiger partial charge in [-0.05, 0) is 84.3 Å². The minimum absolute atomic E-state index is 0.137. The molecule has 1 heterocycles. The van der Waals surface area contributed by atoms with Crippen molar-refractivity contribution in [1.29, 1.82) is 0 Å². The van der Waals surface area contributed by atoms with Crippen LogP contribution in [0.3, 0.4) is 0 Å². The molecule has 0 saturated carbocycles. The van der Waals surface area contributed by atoms with Crippen LogP contribution in [0.1, 0.15) is 41.5 Å².